The number of nitrogens with one attached hydrogen (secondary N) is 1. The van der Waals surface area contributed by atoms with E-state index >= 15 is 0 Å². The summed E-state index contributed by atoms with van der Waals surface area (Å²) in [6.45, 7) is 7.10. The molecule has 1 aromatic rings. The minimum Gasteiger partial charge on any atom is -0.396 e. The van der Waals surface area contributed by atoms with Crippen LogP contribution in [0.3, 0.4) is 0 Å². The van der Waals surface area contributed by atoms with Crippen molar-refractivity contribution in [2.45, 2.75) is 25.4 Å². The van der Waals surface area contributed by atoms with Crippen LogP contribution >= 0.6 is 0 Å². The first kappa shape index (κ1) is 16.7. The predicted octanol–water partition coefficient (Wildman–Crippen LogP) is 1.89. The van der Waals surface area contributed by atoms with Gasteiger partial charge in [-0.25, -0.2) is 0 Å². The number of nitrogens with zero attached hydrogens (tertiary/aromatic N) is 1. The fourth-order valence-corrected chi connectivity index (χ4v) is 3.55. The highest BCUT2D eigenvalue weighted by atomic mass is 16.5. The average molecular weight is 316 g/mol. The maximum Gasteiger partial charge on any atom is 0.0594 e. The molecule has 0 saturated carbocycles. The van der Waals surface area contributed by atoms with Gasteiger partial charge in [0.25, 0.3) is 0 Å². The zero-order valence-electron chi connectivity index (χ0n) is 13.9. The fourth-order valence-electron chi connectivity index (χ4n) is 3.55. The molecule has 1 heterocycles. The summed E-state index contributed by atoms with van der Waals surface area (Å²) < 4.78 is 5.47. The smallest absolute Gasteiger partial charge is 0.0594 e. The van der Waals surface area contributed by atoms with Crippen molar-refractivity contribution >= 4 is 0 Å². The second kappa shape index (κ2) is 8.06. The lowest BCUT2D eigenvalue weighted by Crippen LogP contribution is -2.44. The van der Waals surface area contributed by atoms with E-state index in [4.69, 9.17) is 4.74 Å². The van der Waals surface area contributed by atoms with E-state index in [-0.39, 0.29) is 6.61 Å². The van der Waals surface area contributed by atoms with Crippen LogP contribution in [0.25, 0.3) is 0 Å². The van der Waals surface area contributed by atoms with Gasteiger partial charge in [-0.15, -0.1) is 0 Å². The van der Waals surface area contributed by atoms with Gasteiger partial charge in [-0.2, -0.15) is 0 Å². The molecule has 3 rings (SSSR count). The van der Waals surface area contributed by atoms with Crippen LogP contribution in [0.15, 0.2) is 36.4 Å². The van der Waals surface area contributed by atoms with E-state index in [1.807, 2.05) is 0 Å². The third-order valence-electron chi connectivity index (χ3n) is 4.93. The normalized spacial score (nSPS) is 26.5. The second-order valence-corrected chi connectivity index (χ2v) is 6.66. The van der Waals surface area contributed by atoms with Crippen molar-refractivity contribution in [2.24, 2.45) is 5.92 Å². The Bertz CT molecular complexity index is 526. The van der Waals surface area contributed by atoms with Crippen LogP contribution in [0.4, 0.5) is 0 Å². The van der Waals surface area contributed by atoms with Crippen LogP contribution in [0.2, 0.25) is 0 Å². The highest BCUT2D eigenvalue weighted by Gasteiger charge is 2.24. The van der Waals surface area contributed by atoms with Crippen molar-refractivity contribution in [3.05, 3.63) is 47.5 Å². The second-order valence-electron chi connectivity index (χ2n) is 6.66. The number of aliphatic hydroxyl groups is 1. The number of ether oxygens (including phenoxy) is 1. The minimum atomic E-state index is 0.243. The molecule has 4 nitrogen and oxygen atoms in total. The first-order valence-electron chi connectivity index (χ1n) is 8.67. The molecule has 0 spiro atoms. The molecule has 0 unspecified atom stereocenters. The van der Waals surface area contributed by atoms with Crippen molar-refractivity contribution in [1.29, 1.82) is 0 Å². The SMILES string of the molecule is Cc1ccccc1[C@H](CN1CCOCC1)N[C@@H]1C=C[C@H](CO)C1. The minimum absolute atomic E-state index is 0.243. The summed E-state index contributed by atoms with van der Waals surface area (Å²) in [6, 6.07) is 9.29. The van der Waals surface area contributed by atoms with Crippen molar-refractivity contribution in [2.75, 3.05) is 39.5 Å². The Hall–Kier alpha value is -1.20. The molecule has 0 radical (unpaired) electrons. The maximum absolute atomic E-state index is 9.34. The lowest BCUT2D eigenvalue weighted by atomic mass is 9.99. The number of hydrogen-bond donors (Lipinski definition) is 2. The molecule has 4 heteroatoms. The van der Waals surface area contributed by atoms with Gasteiger partial charge in [0.05, 0.1) is 13.2 Å². The van der Waals surface area contributed by atoms with Crippen molar-refractivity contribution in [3.63, 3.8) is 0 Å². The Morgan fingerprint density at radius 1 is 1.26 bits per heavy atom. The van der Waals surface area contributed by atoms with E-state index in [1.54, 1.807) is 0 Å². The fraction of sp³-hybridized carbons (Fsp3) is 0.579. The zero-order valence-corrected chi connectivity index (χ0v) is 13.9. The topological polar surface area (TPSA) is 44.7 Å². The standard InChI is InChI=1S/C19H28N2O2/c1-15-4-2-3-5-18(15)19(13-21-8-10-23-11-9-21)20-17-7-6-16(12-17)14-22/h2-7,16-17,19-20,22H,8-14H2,1H3/t16-,17+,19-/m0/s1. The summed E-state index contributed by atoms with van der Waals surface area (Å²) >= 11 is 0. The number of hydrogen-bond acceptors (Lipinski definition) is 4. The highest BCUT2D eigenvalue weighted by molar-refractivity contribution is 5.29. The summed E-state index contributed by atoms with van der Waals surface area (Å²) in [7, 11) is 0. The van der Waals surface area contributed by atoms with Gasteiger partial charge in [0.15, 0.2) is 0 Å². The molecule has 1 aliphatic carbocycles. The van der Waals surface area contributed by atoms with Crippen LogP contribution < -0.4 is 5.32 Å². The van der Waals surface area contributed by atoms with Gasteiger partial charge in [0.1, 0.15) is 0 Å². The molecule has 0 bridgehead atoms. The molecular weight excluding hydrogens is 288 g/mol. The van der Waals surface area contributed by atoms with Crippen LogP contribution in [0.1, 0.15) is 23.6 Å². The molecular formula is C19H28N2O2. The van der Waals surface area contributed by atoms with Crippen molar-refractivity contribution in [3.8, 4) is 0 Å². The molecule has 0 amide bonds. The van der Waals surface area contributed by atoms with Gasteiger partial charge in [-0.1, -0.05) is 36.4 Å². The summed E-state index contributed by atoms with van der Waals surface area (Å²) in [6.07, 6.45) is 5.34. The number of benzene rings is 1. The Kier molecular flexibility index (Phi) is 5.84. The van der Waals surface area contributed by atoms with Crippen molar-refractivity contribution in [1.82, 2.24) is 10.2 Å². The average Bonchev–Trinajstić information content (AvgIpc) is 3.03. The number of rotatable bonds is 6. The Labute approximate surface area is 139 Å². The number of aryl methyl sites for hydroxylation is 1. The van der Waals surface area contributed by atoms with Crippen LogP contribution in [0, 0.1) is 12.8 Å². The summed E-state index contributed by atoms with van der Waals surface area (Å²) in [5, 5.41) is 13.1. The lowest BCUT2D eigenvalue weighted by molar-refractivity contribution is 0.0329. The predicted molar refractivity (Wildman–Crippen MR) is 92.4 cm³/mol. The summed E-state index contributed by atoms with van der Waals surface area (Å²) in [4.78, 5) is 2.48. The molecule has 126 valence electrons. The third-order valence-corrected chi connectivity index (χ3v) is 4.93. The molecule has 23 heavy (non-hydrogen) atoms. The van der Waals surface area contributed by atoms with Gasteiger partial charge < -0.3 is 15.2 Å². The van der Waals surface area contributed by atoms with E-state index in [1.165, 1.54) is 11.1 Å². The van der Waals surface area contributed by atoms with E-state index in [0.29, 0.717) is 18.0 Å². The van der Waals surface area contributed by atoms with Crippen LogP contribution in [-0.2, 0) is 4.74 Å². The Morgan fingerprint density at radius 2 is 2.04 bits per heavy atom. The first-order valence-corrected chi connectivity index (χ1v) is 8.67. The molecule has 3 atom stereocenters. The van der Waals surface area contributed by atoms with E-state index in [9.17, 15) is 5.11 Å². The number of aliphatic hydroxyl groups excluding tert-OH is 1. The monoisotopic (exact) mass is 316 g/mol. The summed E-state index contributed by atoms with van der Waals surface area (Å²) in [5.41, 5.74) is 2.71. The van der Waals surface area contributed by atoms with Gasteiger partial charge in [-0.3, -0.25) is 4.90 Å². The third kappa shape index (κ3) is 4.42. The van der Waals surface area contributed by atoms with Crippen molar-refractivity contribution < 1.29 is 9.84 Å². The lowest BCUT2D eigenvalue weighted by Gasteiger charge is -2.33. The van der Waals surface area contributed by atoms with E-state index in [2.05, 4.69) is 53.6 Å². The first-order chi connectivity index (χ1) is 11.3. The molecule has 2 aliphatic rings. The van der Waals surface area contributed by atoms with Gasteiger partial charge in [0.2, 0.25) is 0 Å². The Morgan fingerprint density at radius 3 is 2.74 bits per heavy atom. The molecule has 1 saturated heterocycles. The maximum atomic E-state index is 9.34. The van der Waals surface area contributed by atoms with Gasteiger partial charge in [0, 0.05) is 44.2 Å². The molecule has 1 aromatic carbocycles. The molecule has 1 aliphatic heterocycles. The van der Waals surface area contributed by atoms with Crippen LogP contribution in [0.5, 0.6) is 0 Å². The van der Waals surface area contributed by atoms with Gasteiger partial charge >= 0.3 is 0 Å². The van der Waals surface area contributed by atoms with Crippen LogP contribution in [-0.4, -0.2) is 55.5 Å². The van der Waals surface area contributed by atoms with E-state index in [0.717, 1.165) is 39.3 Å². The molecule has 0 aromatic heterocycles. The largest absolute Gasteiger partial charge is 0.396 e. The highest BCUT2D eigenvalue weighted by Crippen LogP contribution is 2.24. The molecule has 2 N–H and O–H groups in total. The molecule has 1 fully saturated rings. The Balaban J connectivity index is 1.70. The quantitative estimate of drug-likeness (QED) is 0.787. The summed E-state index contributed by atoms with van der Waals surface area (Å²) in [5.74, 6) is 0.299. The number of morpholine rings is 1. The van der Waals surface area contributed by atoms with Gasteiger partial charge in [-0.05, 0) is 24.5 Å². The zero-order chi connectivity index (χ0) is 16.1. The van der Waals surface area contributed by atoms with E-state index < -0.39 is 0 Å².